The number of carbonyl (C=O) groups excluding carboxylic acids is 2. The average Bonchev–Trinajstić information content (AvgIpc) is 2.93. The molecule has 0 saturated carbocycles. The number of rotatable bonds is 4. The summed E-state index contributed by atoms with van der Waals surface area (Å²) in [6.45, 7) is 6.34. The van der Waals surface area contributed by atoms with Crippen molar-refractivity contribution in [3.63, 3.8) is 0 Å². The summed E-state index contributed by atoms with van der Waals surface area (Å²) in [6.07, 6.45) is 1.34. The quantitative estimate of drug-likeness (QED) is 0.190. The first-order valence-electron chi connectivity index (χ1n) is 13.2. The molecule has 0 atom stereocenters. The molecule has 41 heavy (non-hydrogen) atoms. The summed E-state index contributed by atoms with van der Waals surface area (Å²) in [7, 11) is 0. The fraction of sp³-hybridized carbons (Fsp3) is 0.290. The number of carbonyl (C=O) groups is 2. The molecule has 4 aromatic rings. The molecule has 0 unspecified atom stereocenters. The van der Waals surface area contributed by atoms with Crippen LogP contribution in [-0.4, -0.2) is 47.0 Å². The Kier molecular flexibility index (Phi) is 7.78. The highest BCUT2D eigenvalue weighted by Gasteiger charge is 2.29. The van der Waals surface area contributed by atoms with Crippen LogP contribution in [0.15, 0.2) is 42.5 Å². The van der Waals surface area contributed by atoms with Crippen LogP contribution in [0.1, 0.15) is 49.5 Å². The van der Waals surface area contributed by atoms with Crippen molar-refractivity contribution in [1.29, 1.82) is 5.26 Å². The standard InChI is InChI=1S/C31H27Cl2FN4O3/c1-31(2,3)41-30(40)38-12-10-19(11-13-38)36-27-21-14-23(32)25(26(34)28(21)37-29(33)22(27)16-39)20-9-5-7-17-6-4-8-18(15-35)24(17)20/h4-9,14,16,19H,10-13H2,1-3H3,(H,36,37). The Morgan fingerprint density at radius 3 is 2.51 bits per heavy atom. The predicted molar refractivity (Wildman–Crippen MR) is 159 cm³/mol. The van der Waals surface area contributed by atoms with Crippen molar-refractivity contribution in [3.05, 3.63) is 69.6 Å². The molecule has 1 aliphatic heterocycles. The number of amides is 1. The molecular weight excluding hydrogens is 566 g/mol. The topological polar surface area (TPSA) is 95.3 Å². The molecule has 210 valence electrons. The van der Waals surface area contributed by atoms with E-state index in [2.05, 4.69) is 16.4 Å². The average molecular weight is 593 g/mol. The maximum Gasteiger partial charge on any atom is 0.410 e. The van der Waals surface area contributed by atoms with Gasteiger partial charge in [0.2, 0.25) is 0 Å². The molecule has 1 saturated heterocycles. The third kappa shape index (κ3) is 5.52. The number of fused-ring (bicyclic) bond motifs is 2. The molecular formula is C31H27Cl2FN4O3. The number of hydrogen-bond acceptors (Lipinski definition) is 6. The molecule has 0 radical (unpaired) electrons. The van der Waals surface area contributed by atoms with E-state index >= 15 is 4.39 Å². The van der Waals surface area contributed by atoms with Gasteiger partial charge in [0.1, 0.15) is 16.3 Å². The Labute approximate surface area is 246 Å². The Balaban J connectivity index is 1.56. The Bertz CT molecular complexity index is 1730. The van der Waals surface area contributed by atoms with E-state index in [-0.39, 0.29) is 39.0 Å². The van der Waals surface area contributed by atoms with Crippen molar-refractivity contribution in [1.82, 2.24) is 9.88 Å². The van der Waals surface area contributed by atoms with Gasteiger partial charge in [0.15, 0.2) is 12.1 Å². The largest absolute Gasteiger partial charge is 0.444 e. The minimum Gasteiger partial charge on any atom is -0.444 e. The lowest BCUT2D eigenvalue weighted by Crippen LogP contribution is -2.44. The molecule has 0 spiro atoms. The van der Waals surface area contributed by atoms with Gasteiger partial charge in [-0.3, -0.25) is 4.79 Å². The number of ether oxygens (including phenoxy) is 1. The highest BCUT2D eigenvalue weighted by atomic mass is 35.5. The van der Waals surface area contributed by atoms with Gasteiger partial charge in [-0.25, -0.2) is 14.2 Å². The van der Waals surface area contributed by atoms with Crippen molar-refractivity contribution in [3.8, 4) is 17.2 Å². The van der Waals surface area contributed by atoms with Crippen LogP contribution in [0.2, 0.25) is 10.2 Å². The van der Waals surface area contributed by atoms with Gasteiger partial charge in [0, 0.05) is 35.5 Å². The zero-order valence-electron chi connectivity index (χ0n) is 22.7. The Morgan fingerprint density at radius 2 is 1.88 bits per heavy atom. The number of aldehydes is 1. The molecule has 5 rings (SSSR count). The third-order valence-corrected chi connectivity index (χ3v) is 7.66. The van der Waals surface area contributed by atoms with E-state index in [1.807, 2.05) is 32.9 Å². The fourth-order valence-electron chi connectivity index (χ4n) is 5.20. The smallest absolute Gasteiger partial charge is 0.410 e. The SMILES string of the molecule is CC(C)(C)OC(=O)N1CCC(Nc2c(C=O)c(Cl)nc3c(F)c(-c4cccc5cccc(C#N)c45)c(Cl)cc23)CC1. The van der Waals surface area contributed by atoms with E-state index in [9.17, 15) is 14.9 Å². The molecule has 1 N–H and O–H groups in total. The zero-order valence-corrected chi connectivity index (χ0v) is 24.2. The third-order valence-electron chi connectivity index (χ3n) is 7.07. The van der Waals surface area contributed by atoms with E-state index in [1.54, 1.807) is 35.2 Å². The maximum absolute atomic E-state index is 16.4. The Hall–Kier alpha value is -3.93. The van der Waals surface area contributed by atoms with Crippen LogP contribution in [0.5, 0.6) is 0 Å². The van der Waals surface area contributed by atoms with Crippen LogP contribution in [0.3, 0.4) is 0 Å². The summed E-state index contributed by atoms with van der Waals surface area (Å²) in [5.41, 5.74) is 0.693. The lowest BCUT2D eigenvalue weighted by Gasteiger charge is -2.34. The maximum atomic E-state index is 16.4. The summed E-state index contributed by atoms with van der Waals surface area (Å²) in [5, 5.41) is 14.7. The second-order valence-electron chi connectivity index (χ2n) is 11.0. The number of pyridine rings is 1. The highest BCUT2D eigenvalue weighted by Crippen LogP contribution is 2.43. The fourth-order valence-corrected chi connectivity index (χ4v) is 5.72. The normalized spacial score (nSPS) is 14.2. The highest BCUT2D eigenvalue weighted by molar-refractivity contribution is 6.36. The van der Waals surface area contributed by atoms with Crippen molar-refractivity contribution < 1.29 is 18.7 Å². The van der Waals surface area contributed by atoms with E-state index in [0.29, 0.717) is 59.8 Å². The number of nitrogens with zero attached hydrogens (tertiary/aromatic N) is 3. The van der Waals surface area contributed by atoms with Crippen molar-refractivity contribution in [2.75, 3.05) is 18.4 Å². The van der Waals surface area contributed by atoms with Gasteiger partial charge in [-0.2, -0.15) is 5.26 Å². The number of benzene rings is 3. The number of halogens is 3. The minimum atomic E-state index is -0.713. The van der Waals surface area contributed by atoms with Crippen molar-refractivity contribution in [2.45, 2.75) is 45.3 Å². The summed E-state index contributed by atoms with van der Waals surface area (Å²) in [4.78, 5) is 30.5. The van der Waals surface area contributed by atoms with Gasteiger partial charge in [0.25, 0.3) is 0 Å². The number of anilines is 1. The lowest BCUT2D eigenvalue weighted by atomic mass is 9.93. The molecule has 0 bridgehead atoms. The first kappa shape index (κ1) is 28.6. The number of hydrogen-bond donors (Lipinski definition) is 1. The number of piperidine rings is 1. The van der Waals surface area contributed by atoms with E-state index in [4.69, 9.17) is 27.9 Å². The second-order valence-corrected chi connectivity index (χ2v) is 11.7. The van der Waals surface area contributed by atoms with Gasteiger partial charge >= 0.3 is 6.09 Å². The number of likely N-dealkylation sites (tertiary alicyclic amines) is 1. The molecule has 0 aliphatic carbocycles. The summed E-state index contributed by atoms with van der Waals surface area (Å²) in [6, 6.07) is 14.2. The van der Waals surface area contributed by atoms with Gasteiger partial charge in [-0.15, -0.1) is 0 Å². The van der Waals surface area contributed by atoms with Gasteiger partial charge in [0.05, 0.1) is 27.9 Å². The molecule has 3 aromatic carbocycles. The van der Waals surface area contributed by atoms with Gasteiger partial charge in [-0.1, -0.05) is 53.5 Å². The van der Waals surface area contributed by atoms with Crippen LogP contribution < -0.4 is 5.32 Å². The summed E-state index contributed by atoms with van der Waals surface area (Å²) >= 11 is 13.1. The van der Waals surface area contributed by atoms with Crippen LogP contribution in [0.4, 0.5) is 14.9 Å². The molecule has 1 fully saturated rings. The first-order chi connectivity index (χ1) is 19.5. The van der Waals surface area contributed by atoms with Crippen LogP contribution in [0.25, 0.3) is 32.8 Å². The molecule has 2 heterocycles. The van der Waals surface area contributed by atoms with Gasteiger partial charge < -0.3 is 15.0 Å². The van der Waals surface area contributed by atoms with E-state index in [1.165, 1.54) is 0 Å². The zero-order chi connectivity index (χ0) is 29.5. The van der Waals surface area contributed by atoms with Crippen LogP contribution in [0, 0.1) is 17.1 Å². The van der Waals surface area contributed by atoms with E-state index < -0.39 is 11.4 Å². The Morgan fingerprint density at radius 1 is 1.20 bits per heavy atom. The predicted octanol–water partition coefficient (Wildman–Crippen LogP) is 8.00. The molecule has 1 aromatic heterocycles. The van der Waals surface area contributed by atoms with Gasteiger partial charge in [-0.05, 0) is 56.7 Å². The van der Waals surface area contributed by atoms with Crippen molar-refractivity contribution >= 4 is 62.9 Å². The number of nitrogens with one attached hydrogen (secondary N) is 1. The second kappa shape index (κ2) is 11.2. The molecule has 1 aliphatic rings. The number of nitriles is 1. The monoisotopic (exact) mass is 592 g/mol. The first-order valence-corrected chi connectivity index (χ1v) is 13.9. The minimum absolute atomic E-state index is 0.0554. The van der Waals surface area contributed by atoms with Crippen LogP contribution in [-0.2, 0) is 4.74 Å². The molecule has 10 heteroatoms. The number of aromatic nitrogens is 1. The summed E-state index contributed by atoms with van der Waals surface area (Å²) < 4.78 is 21.8. The van der Waals surface area contributed by atoms with Crippen LogP contribution >= 0.6 is 23.2 Å². The van der Waals surface area contributed by atoms with Crippen molar-refractivity contribution in [2.24, 2.45) is 0 Å². The summed E-state index contributed by atoms with van der Waals surface area (Å²) in [5.74, 6) is -0.713. The molecule has 1 amide bonds. The lowest BCUT2D eigenvalue weighted by molar-refractivity contribution is 0.0210. The molecule has 7 nitrogen and oxygen atoms in total. The van der Waals surface area contributed by atoms with E-state index in [0.717, 1.165) is 5.39 Å².